The number of hydrogen-bond donors (Lipinski definition) is 1. The maximum atomic E-state index is 5.55. The largest absolute Gasteiger partial charge is 0.380 e. The molecule has 0 heterocycles. The molecule has 1 rings (SSSR count). The van der Waals surface area contributed by atoms with E-state index in [1.54, 1.807) is 7.11 Å². The van der Waals surface area contributed by atoms with Gasteiger partial charge in [-0.3, -0.25) is 0 Å². The van der Waals surface area contributed by atoms with Crippen molar-refractivity contribution in [3.63, 3.8) is 0 Å². The van der Waals surface area contributed by atoms with Gasteiger partial charge in [-0.15, -0.1) is 0 Å². The van der Waals surface area contributed by atoms with E-state index in [2.05, 4.69) is 43.4 Å². The van der Waals surface area contributed by atoms with Crippen molar-refractivity contribution in [1.29, 1.82) is 0 Å². The summed E-state index contributed by atoms with van der Waals surface area (Å²) in [6.45, 7) is 8.55. The first-order valence-corrected chi connectivity index (χ1v) is 7.07. The van der Waals surface area contributed by atoms with Gasteiger partial charge in [-0.1, -0.05) is 38.1 Å². The molecular formula is C16H27NO2. The highest BCUT2D eigenvalue weighted by atomic mass is 16.5. The van der Waals surface area contributed by atoms with Gasteiger partial charge in [0.25, 0.3) is 0 Å². The molecule has 0 aliphatic carbocycles. The standard InChI is InChI=1S/C16H27NO2/c1-14(2)8-10-19-11-9-17-12-15-4-6-16(7-5-15)13-18-3/h4-7,14,17H,8-13H2,1-3H3. The maximum absolute atomic E-state index is 5.55. The van der Waals surface area contributed by atoms with Gasteiger partial charge in [0, 0.05) is 26.8 Å². The Balaban J connectivity index is 2.05. The fourth-order valence-corrected chi connectivity index (χ4v) is 1.72. The summed E-state index contributed by atoms with van der Waals surface area (Å²) in [7, 11) is 1.72. The molecule has 1 N–H and O–H groups in total. The van der Waals surface area contributed by atoms with Crippen LogP contribution in [0.1, 0.15) is 31.4 Å². The van der Waals surface area contributed by atoms with Crippen LogP contribution in [0.4, 0.5) is 0 Å². The van der Waals surface area contributed by atoms with Crippen LogP contribution < -0.4 is 5.32 Å². The molecule has 3 nitrogen and oxygen atoms in total. The minimum atomic E-state index is 0.678. The first kappa shape index (κ1) is 16.2. The second-order valence-corrected chi connectivity index (χ2v) is 5.22. The molecule has 19 heavy (non-hydrogen) atoms. The second-order valence-electron chi connectivity index (χ2n) is 5.22. The normalized spacial score (nSPS) is 11.2. The van der Waals surface area contributed by atoms with E-state index in [1.807, 2.05) is 0 Å². The van der Waals surface area contributed by atoms with Crippen molar-refractivity contribution in [1.82, 2.24) is 5.32 Å². The highest BCUT2D eigenvalue weighted by molar-refractivity contribution is 5.21. The third kappa shape index (κ3) is 7.98. The number of benzene rings is 1. The molecule has 0 aliphatic heterocycles. The summed E-state index contributed by atoms with van der Waals surface area (Å²) < 4.78 is 10.6. The Morgan fingerprint density at radius 2 is 1.74 bits per heavy atom. The lowest BCUT2D eigenvalue weighted by atomic mass is 10.1. The average Bonchev–Trinajstić information content (AvgIpc) is 2.39. The summed E-state index contributed by atoms with van der Waals surface area (Å²) in [5.74, 6) is 0.721. The SMILES string of the molecule is COCc1ccc(CNCCOCCC(C)C)cc1. The number of methoxy groups -OCH3 is 1. The zero-order valence-corrected chi connectivity index (χ0v) is 12.4. The Kier molecular flexibility index (Phi) is 8.47. The lowest BCUT2D eigenvalue weighted by molar-refractivity contribution is 0.125. The zero-order valence-electron chi connectivity index (χ0n) is 12.4. The van der Waals surface area contributed by atoms with Gasteiger partial charge in [0.1, 0.15) is 0 Å². The van der Waals surface area contributed by atoms with Crippen LogP contribution in [0.5, 0.6) is 0 Å². The highest BCUT2D eigenvalue weighted by Gasteiger charge is 1.96. The van der Waals surface area contributed by atoms with Crippen LogP contribution >= 0.6 is 0 Å². The van der Waals surface area contributed by atoms with Crippen LogP contribution in [0.25, 0.3) is 0 Å². The molecule has 0 unspecified atom stereocenters. The van der Waals surface area contributed by atoms with Crippen molar-refractivity contribution in [2.24, 2.45) is 5.92 Å². The lowest BCUT2D eigenvalue weighted by Crippen LogP contribution is -2.19. The molecule has 0 radical (unpaired) electrons. The van der Waals surface area contributed by atoms with Gasteiger partial charge >= 0.3 is 0 Å². The van der Waals surface area contributed by atoms with Gasteiger partial charge in [-0.2, -0.15) is 0 Å². The van der Waals surface area contributed by atoms with Crippen LogP contribution in [0, 0.1) is 5.92 Å². The van der Waals surface area contributed by atoms with E-state index in [0.717, 1.165) is 38.6 Å². The van der Waals surface area contributed by atoms with Gasteiger partial charge in [0.15, 0.2) is 0 Å². The van der Waals surface area contributed by atoms with Crippen LogP contribution in [0.3, 0.4) is 0 Å². The van der Waals surface area contributed by atoms with Crippen LogP contribution in [0.2, 0.25) is 0 Å². The molecule has 0 spiro atoms. The van der Waals surface area contributed by atoms with Gasteiger partial charge in [0.2, 0.25) is 0 Å². The molecule has 108 valence electrons. The molecule has 0 aliphatic rings. The lowest BCUT2D eigenvalue weighted by Gasteiger charge is -2.08. The third-order valence-corrected chi connectivity index (χ3v) is 2.93. The van der Waals surface area contributed by atoms with E-state index < -0.39 is 0 Å². The topological polar surface area (TPSA) is 30.5 Å². The van der Waals surface area contributed by atoms with Crippen LogP contribution in [-0.2, 0) is 22.6 Å². The number of ether oxygens (including phenoxy) is 2. The van der Waals surface area contributed by atoms with E-state index >= 15 is 0 Å². The van der Waals surface area contributed by atoms with Crippen LogP contribution in [0.15, 0.2) is 24.3 Å². The molecule has 0 saturated heterocycles. The molecule has 0 amide bonds. The van der Waals surface area contributed by atoms with Gasteiger partial charge in [-0.05, 0) is 23.5 Å². The Bertz CT molecular complexity index is 322. The Hall–Kier alpha value is -0.900. The first-order chi connectivity index (χ1) is 9.22. The average molecular weight is 265 g/mol. The second kappa shape index (κ2) is 9.96. The molecular weight excluding hydrogens is 238 g/mol. The first-order valence-electron chi connectivity index (χ1n) is 7.07. The smallest absolute Gasteiger partial charge is 0.0713 e. The molecule has 1 aromatic carbocycles. The number of rotatable bonds is 10. The maximum Gasteiger partial charge on any atom is 0.0713 e. The molecule has 0 aromatic heterocycles. The summed E-state index contributed by atoms with van der Waals surface area (Å²) in [5, 5.41) is 3.39. The molecule has 0 saturated carbocycles. The van der Waals surface area contributed by atoms with Crippen molar-refractivity contribution >= 4 is 0 Å². The predicted octanol–water partition coefficient (Wildman–Crippen LogP) is 2.99. The summed E-state index contributed by atoms with van der Waals surface area (Å²) in [5.41, 5.74) is 2.50. The Morgan fingerprint density at radius 1 is 1.05 bits per heavy atom. The summed E-state index contributed by atoms with van der Waals surface area (Å²) >= 11 is 0. The molecule has 0 fully saturated rings. The fraction of sp³-hybridized carbons (Fsp3) is 0.625. The van der Waals surface area contributed by atoms with Gasteiger partial charge in [0.05, 0.1) is 13.2 Å². The molecule has 1 aromatic rings. The molecule has 3 heteroatoms. The number of hydrogen-bond acceptors (Lipinski definition) is 3. The summed E-state index contributed by atoms with van der Waals surface area (Å²) in [6.07, 6.45) is 1.14. The van der Waals surface area contributed by atoms with E-state index in [4.69, 9.17) is 9.47 Å². The van der Waals surface area contributed by atoms with E-state index in [-0.39, 0.29) is 0 Å². The minimum Gasteiger partial charge on any atom is -0.380 e. The minimum absolute atomic E-state index is 0.678. The van der Waals surface area contributed by atoms with Gasteiger partial charge < -0.3 is 14.8 Å². The highest BCUT2D eigenvalue weighted by Crippen LogP contribution is 2.05. The fourth-order valence-electron chi connectivity index (χ4n) is 1.72. The van der Waals surface area contributed by atoms with Crippen LogP contribution in [-0.4, -0.2) is 26.9 Å². The Labute approximate surface area is 117 Å². The van der Waals surface area contributed by atoms with Crippen molar-refractivity contribution in [2.45, 2.75) is 33.4 Å². The van der Waals surface area contributed by atoms with Crippen molar-refractivity contribution in [3.8, 4) is 0 Å². The van der Waals surface area contributed by atoms with Crippen molar-refractivity contribution in [2.75, 3.05) is 26.9 Å². The van der Waals surface area contributed by atoms with E-state index in [1.165, 1.54) is 11.1 Å². The monoisotopic (exact) mass is 265 g/mol. The summed E-state index contributed by atoms with van der Waals surface area (Å²) in [6, 6.07) is 8.50. The Morgan fingerprint density at radius 3 is 2.37 bits per heavy atom. The predicted molar refractivity (Wildman–Crippen MR) is 79.1 cm³/mol. The van der Waals surface area contributed by atoms with Crippen molar-refractivity contribution in [3.05, 3.63) is 35.4 Å². The van der Waals surface area contributed by atoms with E-state index in [0.29, 0.717) is 6.61 Å². The zero-order chi connectivity index (χ0) is 13.9. The molecule has 0 bridgehead atoms. The van der Waals surface area contributed by atoms with Gasteiger partial charge in [-0.25, -0.2) is 0 Å². The molecule has 0 atom stereocenters. The summed E-state index contributed by atoms with van der Waals surface area (Å²) in [4.78, 5) is 0. The van der Waals surface area contributed by atoms with E-state index in [9.17, 15) is 0 Å². The van der Waals surface area contributed by atoms with Crippen molar-refractivity contribution < 1.29 is 9.47 Å². The third-order valence-electron chi connectivity index (χ3n) is 2.93. The quantitative estimate of drug-likeness (QED) is 0.660. The number of nitrogens with one attached hydrogen (secondary N) is 1.